The smallest absolute Gasteiger partial charge is 0.111 e. The van der Waals surface area contributed by atoms with Crippen LogP contribution in [0.4, 0.5) is 0 Å². The van der Waals surface area contributed by atoms with Gasteiger partial charge in [0.05, 0.1) is 4.21 Å². The fourth-order valence-electron chi connectivity index (χ4n) is 0.436. The first kappa shape index (κ1) is 7.44. The lowest BCUT2D eigenvalue weighted by Crippen LogP contribution is -1.59. The van der Waals surface area contributed by atoms with Gasteiger partial charge in [0, 0.05) is 0 Å². The Morgan fingerprint density at radius 2 is 2.22 bits per heavy atom. The SMILES string of the molecule is CSc1cc(SC)sn1. The molecule has 0 fully saturated rings. The van der Waals surface area contributed by atoms with E-state index in [-0.39, 0.29) is 0 Å². The van der Waals surface area contributed by atoms with Crippen molar-refractivity contribution in [2.75, 3.05) is 12.5 Å². The molecule has 4 heteroatoms. The molecule has 1 rings (SSSR count). The maximum atomic E-state index is 4.19. The van der Waals surface area contributed by atoms with Crippen molar-refractivity contribution in [2.24, 2.45) is 0 Å². The van der Waals surface area contributed by atoms with E-state index >= 15 is 0 Å². The van der Waals surface area contributed by atoms with Crippen LogP contribution < -0.4 is 0 Å². The Bertz CT molecular complexity index is 166. The van der Waals surface area contributed by atoms with E-state index < -0.39 is 0 Å². The molecule has 0 saturated carbocycles. The zero-order chi connectivity index (χ0) is 6.69. The van der Waals surface area contributed by atoms with Crippen molar-refractivity contribution in [1.82, 2.24) is 4.37 Å². The fraction of sp³-hybridized carbons (Fsp3) is 0.400. The summed E-state index contributed by atoms with van der Waals surface area (Å²) in [6.07, 6.45) is 4.11. The summed E-state index contributed by atoms with van der Waals surface area (Å²) in [7, 11) is 0. The summed E-state index contributed by atoms with van der Waals surface area (Å²) in [5.41, 5.74) is 0. The van der Waals surface area contributed by atoms with Gasteiger partial charge in [-0.3, -0.25) is 0 Å². The molecule has 0 unspecified atom stereocenters. The molecular weight excluding hydrogens is 170 g/mol. The van der Waals surface area contributed by atoms with Crippen LogP contribution in [-0.4, -0.2) is 16.9 Å². The third-order valence-corrected chi connectivity index (χ3v) is 3.45. The zero-order valence-electron chi connectivity index (χ0n) is 5.25. The minimum absolute atomic E-state index is 1.13. The lowest BCUT2D eigenvalue weighted by molar-refractivity contribution is 1.28. The van der Waals surface area contributed by atoms with Gasteiger partial charge in [0.1, 0.15) is 5.03 Å². The van der Waals surface area contributed by atoms with Gasteiger partial charge in [-0.2, -0.15) is 4.37 Å². The van der Waals surface area contributed by atoms with Gasteiger partial charge in [0.15, 0.2) is 0 Å². The Morgan fingerprint density at radius 3 is 2.56 bits per heavy atom. The first-order valence-corrected chi connectivity index (χ1v) is 5.64. The number of aromatic nitrogens is 1. The normalized spacial score (nSPS) is 10.0. The van der Waals surface area contributed by atoms with E-state index in [1.165, 1.54) is 4.21 Å². The summed E-state index contributed by atoms with van der Waals surface area (Å²) in [6.45, 7) is 0. The average Bonchev–Trinajstić information content (AvgIpc) is 2.34. The lowest BCUT2D eigenvalue weighted by Gasteiger charge is -1.80. The second-order valence-electron chi connectivity index (χ2n) is 1.39. The van der Waals surface area contributed by atoms with Gasteiger partial charge < -0.3 is 0 Å². The highest BCUT2D eigenvalue weighted by molar-refractivity contribution is 8.00. The molecule has 0 N–H and O–H groups in total. The quantitative estimate of drug-likeness (QED) is 0.644. The van der Waals surface area contributed by atoms with Gasteiger partial charge in [-0.05, 0) is 30.1 Å². The van der Waals surface area contributed by atoms with Crippen LogP contribution in [0.2, 0.25) is 0 Å². The van der Waals surface area contributed by atoms with Crippen molar-refractivity contribution >= 4 is 35.1 Å². The molecule has 0 saturated heterocycles. The number of rotatable bonds is 2. The second-order valence-corrected chi connectivity index (χ2v) is 4.13. The van der Waals surface area contributed by atoms with E-state index in [2.05, 4.69) is 16.7 Å². The highest BCUT2D eigenvalue weighted by Crippen LogP contribution is 2.25. The third kappa shape index (κ3) is 1.88. The molecule has 0 aliphatic carbocycles. The Kier molecular flexibility index (Phi) is 2.88. The molecule has 1 aromatic heterocycles. The molecule has 1 aromatic rings. The highest BCUT2D eigenvalue weighted by Gasteiger charge is 1.96. The van der Waals surface area contributed by atoms with Crippen LogP contribution in [0.15, 0.2) is 15.3 Å². The lowest BCUT2D eigenvalue weighted by atomic mass is 10.8. The Morgan fingerprint density at radius 1 is 1.44 bits per heavy atom. The Hall–Kier alpha value is 0.330. The van der Waals surface area contributed by atoms with E-state index in [1.807, 2.05) is 6.26 Å². The van der Waals surface area contributed by atoms with Crippen molar-refractivity contribution in [3.05, 3.63) is 6.07 Å². The van der Waals surface area contributed by atoms with Crippen molar-refractivity contribution in [1.29, 1.82) is 0 Å². The van der Waals surface area contributed by atoms with Crippen LogP contribution in [0, 0.1) is 0 Å². The monoisotopic (exact) mass is 177 g/mol. The first-order valence-electron chi connectivity index (χ1n) is 2.41. The minimum atomic E-state index is 1.13. The number of thioether (sulfide) groups is 2. The van der Waals surface area contributed by atoms with Crippen LogP contribution in [0.25, 0.3) is 0 Å². The van der Waals surface area contributed by atoms with E-state index in [9.17, 15) is 0 Å². The van der Waals surface area contributed by atoms with Gasteiger partial charge >= 0.3 is 0 Å². The van der Waals surface area contributed by atoms with Gasteiger partial charge in [-0.25, -0.2) is 0 Å². The van der Waals surface area contributed by atoms with Crippen LogP contribution >= 0.6 is 35.1 Å². The van der Waals surface area contributed by atoms with E-state index in [0.29, 0.717) is 0 Å². The average molecular weight is 177 g/mol. The molecule has 0 aromatic carbocycles. The van der Waals surface area contributed by atoms with Crippen LogP contribution in [0.3, 0.4) is 0 Å². The standard InChI is InChI=1S/C5H7NS3/c1-7-4-3-5(8-2)9-6-4/h3H,1-2H3. The molecule has 0 bridgehead atoms. The Balaban J connectivity index is 2.74. The molecule has 1 nitrogen and oxygen atoms in total. The molecule has 0 spiro atoms. The molecular formula is C5H7NS3. The fourth-order valence-corrected chi connectivity index (χ4v) is 2.27. The highest BCUT2D eigenvalue weighted by atomic mass is 32.2. The first-order chi connectivity index (χ1) is 4.36. The van der Waals surface area contributed by atoms with E-state index in [1.54, 1.807) is 35.1 Å². The summed E-state index contributed by atoms with van der Waals surface area (Å²) in [5, 5.41) is 1.13. The van der Waals surface area contributed by atoms with Crippen molar-refractivity contribution in [3.8, 4) is 0 Å². The Labute approximate surface area is 67.4 Å². The van der Waals surface area contributed by atoms with Crippen LogP contribution in [0.1, 0.15) is 0 Å². The summed E-state index contributed by atoms with van der Waals surface area (Å²) < 4.78 is 5.48. The van der Waals surface area contributed by atoms with Gasteiger partial charge in [0.25, 0.3) is 0 Å². The van der Waals surface area contributed by atoms with Gasteiger partial charge in [0.2, 0.25) is 0 Å². The van der Waals surface area contributed by atoms with Gasteiger partial charge in [-0.1, -0.05) is 0 Å². The van der Waals surface area contributed by atoms with E-state index in [0.717, 1.165) is 5.03 Å². The molecule has 9 heavy (non-hydrogen) atoms. The zero-order valence-corrected chi connectivity index (χ0v) is 7.70. The van der Waals surface area contributed by atoms with Gasteiger partial charge in [-0.15, -0.1) is 23.5 Å². The maximum Gasteiger partial charge on any atom is 0.111 e. The molecule has 0 atom stereocenters. The number of hydrogen-bond donors (Lipinski definition) is 0. The number of hydrogen-bond acceptors (Lipinski definition) is 4. The second kappa shape index (κ2) is 3.49. The summed E-state index contributed by atoms with van der Waals surface area (Å²) >= 11 is 5.00. The third-order valence-electron chi connectivity index (χ3n) is 0.877. The topological polar surface area (TPSA) is 12.9 Å². The minimum Gasteiger partial charge on any atom is -0.185 e. The van der Waals surface area contributed by atoms with E-state index in [4.69, 9.17) is 0 Å². The molecule has 0 radical (unpaired) electrons. The van der Waals surface area contributed by atoms with Crippen LogP contribution in [-0.2, 0) is 0 Å². The van der Waals surface area contributed by atoms with Crippen molar-refractivity contribution in [2.45, 2.75) is 9.24 Å². The van der Waals surface area contributed by atoms with Crippen LogP contribution in [0.5, 0.6) is 0 Å². The molecule has 1 heterocycles. The predicted molar refractivity (Wildman–Crippen MR) is 45.7 cm³/mol. The molecule has 50 valence electrons. The predicted octanol–water partition coefficient (Wildman–Crippen LogP) is 2.59. The largest absolute Gasteiger partial charge is 0.185 e. The summed E-state index contributed by atoms with van der Waals surface area (Å²) in [6, 6.07) is 2.11. The summed E-state index contributed by atoms with van der Waals surface area (Å²) in [4.78, 5) is 0. The van der Waals surface area contributed by atoms with Crippen molar-refractivity contribution < 1.29 is 0 Å². The van der Waals surface area contributed by atoms with Crippen molar-refractivity contribution in [3.63, 3.8) is 0 Å². The summed E-state index contributed by atoms with van der Waals surface area (Å²) in [5.74, 6) is 0. The molecule has 0 aliphatic heterocycles. The molecule has 0 amide bonds. The molecule has 0 aliphatic rings. The maximum absolute atomic E-state index is 4.19. The number of nitrogens with zero attached hydrogens (tertiary/aromatic N) is 1.